The van der Waals surface area contributed by atoms with Crippen LogP contribution in [0.1, 0.15) is 16.2 Å². The van der Waals surface area contributed by atoms with Gasteiger partial charge in [-0.25, -0.2) is 9.50 Å². The van der Waals surface area contributed by atoms with Crippen molar-refractivity contribution in [3.63, 3.8) is 0 Å². The highest BCUT2D eigenvalue weighted by atomic mass is 79.9. The van der Waals surface area contributed by atoms with Gasteiger partial charge in [0.1, 0.15) is 5.75 Å². The van der Waals surface area contributed by atoms with Crippen molar-refractivity contribution in [1.82, 2.24) is 24.8 Å². The molecule has 1 saturated heterocycles. The number of carbonyl (C=O) groups is 1. The number of hydrogen-bond donors (Lipinski definition) is 1. The van der Waals surface area contributed by atoms with Crippen molar-refractivity contribution in [2.75, 3.05) is 46.5 Å². The molecule has 0 radical (unpaired) electrons. The molecule has 1 N–H and O–H groups in total. The van der Waals surface area contributed by atoms with Crippen molar-refractivity contribution in [2.24, 2.45) is 0 Å². The molecule has 1 amide bonds. The second-order valence-corrected chi connectivity index (χ2v) is 8.15. The Labute approximate surface area is 195 Å². The van der Waals surface area contributed by atoms with Crippen LogP contribution in [0.4, 0.5) is 13.2 Å². The highest BCUT2D eigenvalue weighted by Gasteiger charge is 2.36. The third-order valence-electron chi connectivity index (χ3n) is 5.24. The van der Waals surface area contributed by atoms with E-state index in [0.29, 0.717) is 42.1 Å². The van der Waals surface area contributed by atoms with E-state index in [4.69, 9.17) is 9.47 Å². The molecule has 0 bridgehead atoms. The minimum atomic E-state index is -4.71. The summed E-state index contributed by atoms with van der Waals surface area (Å²) in [6, 6.07) is 7.40. The van der Waals surface area contributed by atoms with Crippen LogP contribution in [0.25, 0.3) is 16.9 Å². The van der Waals surface area contributed by atoms with Crippen molar-refractivity contribution < 1.29 is 27.4 Å². The maximum atomic E-state index is 13.8. The predicted molar refractivity (Wildman–Crippen MR) is 117 cm³/mol. The van der Waals surface area contributed by atoms with Crippen LogP contribution in [0.15, 0.2) is 34.8 Å². The molecule has 0 saturated carbocycles. The molecule has 33 heavy (non-hydrogen) atoms. The Balaban J connectivity index is 1.64. The average Bonchev–Trinajstić information content (AvgIpc) is 3.15. The van der Waals surface area contributed by atoms with Gasteiger partial charge in [0, 0.05) is 31.7 Å². The lowest BCUT2D eigenvalue weighted by Gasteiger charge is -2.26. The SMILES string of the molecule is COc1ccc(-c2cc(C(F)(F)F)n3nc(C(=O)NCCN4CCOCC4)c(Br)c3n2)cc1. The zero-order valence-electron chi connectivity index (χ0n) is 17.7. The van der Waals surface area contributed by atoms with Crippen molar-refractivity contribution >= 4 is 27.5 Å². The van der Waals surface area contributed by atoms with E-state index in [2.05, 4.69) is 36.2 Å². The number of fused-ring (bicyclic) bond motifs is 1. The van der Waals surface area contributed by atoms with Gasteiger partial charge in [-0.1, -0.05) is 0 Å². The van der Waals surface area contributed by atoms with Crippen LogP contribution in [0, 0.1) is 0 Å². The summed E-state index contributed by atoms with van der Waals surface area (Å²) in [6.07, 6.45) is -4.71. The summed E-state index contributed by atoms with van der Waals surface area (Å²) in [6.45, 7) is 3.73. The predicted octanol–water partition coefficient (Wildman–Crippen LogP) is 3.25. The molecular formula is C21H21BrF3N5O3. The first kappa shape index (κ1) is 23.5. The number of benzene rings is 1. The van der Waals surface area contributed by atoms with E-state index in [1.54, 1.807) is 24.3 Å². The number of nitrogens with zero attached hydrogens (tertiary/aromatic N) is 4. The monoisotopic (exact) mass is 527 g/mol. The van der Waals surface area contributed by atoms with E-state index in [9.17, 15) is 18.0 Å². The normalized spacial score (nSPS) is 15.1. The zero-order valence-corrected chi connectivity index (χ0v) is 19.2. The number of aromatic nitrogens is 3. The van der Waals surface area contributed by atoms with Gasteiger partial charge in [0.25, 0.3) is 5.91 Å². The minimum Gasteiger partial charge on any atom is -0.497 e. The maximum absolute atomic E-state index is 13.8. The smallest absolute Gasteiger partial charge is 0.433 e. The van der Waals surface area contributed by atoms with Crippen molar-refractivity contribution in [3.05, 3.63) is 46.2 Å². The summed E-state index contributed by atoms with van der Waals surface area (Å²) in [5.41, 5.74) is -0.743. The van der Waals surface area contributed by atoms with Gasteiger partial charge >= 0.3 is 6.18 Å². The molecule has 0 aliphatic carbocycles. The second-order valence-electron chi connectivity index (χ2n) is 7.36. The number of hydrogen-bond acceptors (Lipinski definition) is 6. The van der Waals surface area contributed by atoms with Gasteiger partial charge in [0.05, 0.1) is 30.5 Å². The fourth-order valence-electron chi connectivity index (χ4n) is 3.48. The fourth-order valence-corrected chi connectivity index (χ4v) is 4.00. The second kappa shape index (κ2) is 9.65. The van der Waals surface area contributed by atoms with Gasteiger partial charge in [-0.3, -0.25) is 9.69 Å². The number of nitrogens with one attached hydrogen (secondary N) is 1. The van der Waals surface area contributed by atoms with Gasteiger partial charge in [0.2, 0.25) is 0 Å². The largest absolute Gasteiger partial charge is 0.497 e. The van der Waals surface area contributed by atoms with Gasteiger partial charge in [0.15, 0.2) is 17.0 Å². The minimum absolute atomic E-state index is 0.0900. The number of amides is 1. The van der Waals surface area contributed by atoms with Crippen LogP contribution in [0.2, 0.25) is 0 Å². The molecule has 0 atom stereocenters. The standard InChI is InChI=1S/C21H21BrF3N5O3/c1-32-14-4-2-13(3-5-14)15-12-16(21(23,24)25)30-19(27-15)17(22)18(28-30)20(31)26-6-7-29-8-10-33-11-9-29/h2-5,12H,6-11H2,1H3,(H,26,31). The number of rotatable bonds is 6. The summed E-state index contributed by atoms with van der Waals surface area (Å²) >= 11 is 3.23. The van der Waals surface area contributed by atoms with E-state index in [-0.39, 0.29) is 21.5 Å². The summed E-state index contributed by atoms with van der Waals surface area (Å²) in [5.74, 6) is -0.0165. The first-order valence-corrected chi connectivity index (χ1v) is 11.0. The van der Waals surface area contributed by atoms with E-state index in [1.807, 2.05) is 0 Å². The lowest BCUT2D eigenvalue weighted by molar-refractivity contribution is -0.142. The number of methoxy groups -OCH3 is 1. The van der Waals surface area contributed by atoms with Crippen molar-refractivity contribution in [2.45, 2.75) is 6.18 Å². The molecule has 2 aromatic heterocycles. The summed E-state index contributed by atoms with van der Waals surface area (Å²) < 4.78 is 52.6. The number of halogens is 4. The van der Waals surface area contributed by atoms with Gasteiger partial charge in [-0.15, -0.1) is 0 Å². The van der Waals surface area contributed by atoms with E-state index >= 15 is 0 Å². The van der Waals surface area contributed by atoms with Crippen LogP contribution >= 0.6 is 15.9 Å². The maximum Gasteiger partial charge on any atom is 0.433 e. The fraction of sp³-hybridized carbons (Fsp3) is 0.381. The third kappa shape index (κ3) is 5.12. The number of carbonyl (C=O) groups excluding carboxylic acids is 1. The number of morpholine rings is 1. The number of alkyl halides is 3. The number of ether oxygens (including phenoxy) is 2. The average molecular weight is 528 g/mol. The Morgan fingerprint density at radius 2 is 1.94 bits per heavy atom. The Morgan fingerprint density at radius 1 is 1.24 bits per heavy atom. The van der Waals surface area contributed by atoms with Crippen LogP contribution in [0.3, 0.4) is 0 Å². The molecule has 1 aliphatic rings. The van der Waals surface area contributed by atoms with Crippen LogP contribution < -0.4 is 10.1 Å². The molecule has 0 spiro atoms. The molecule has 4 rings (SSSR count). The van der Waals surface area contributed by atoms with E-state index < -0.39 is 17.8 Å². The quantitative estimate of drug-likeness (QED) is 0.530. The van der Waals surface area contributed by atoms with Crippen molar-refractivity contribution in [1.29, 1.82) is 0 Å². The summed E-state index contributed by atoms with van der Waals surface area (Å²) in [4.78, 5) is 19.2. The lowest BCUT2D eigenvalue weighted by Crippen LogP contribution is -2.41. The molecule has 1 aliphatic heterocycles. The van der Waals surface area contributed by atoms with E-state index in [1.165, 1.54) is 7.11 Å². The molecule has 176 valence electrons. The van der Waals surface area contributed by atoms with Gasteiger partial charge in [-0.05, 0) is 46.3 Å². The van der Waals surface area contributed by atoms with Crippen molar-refractivity contribution in [3.8, 4) is 17.0 Å². The first-order valence-electron chi connectivity index (χ1n) is 10.2. The first-order chi connectivity index (χ1) is 15.8. The Morgan fingerprint density at radius 3 is 2.58 bits per heavy atom. The summed E-state index contributed by atoms with van der Waals surface area (Å²) in [7, 11) is 1.50. The Kier molecular flexibility index (Phi) is 6.86. The van der Waals surface area contributed by atoms with Gasteiger partial charge in [-0.2, -0.15) is 18.3 Å². The van der Waals surface area contributed by atoms with E-state index in [0.717, 1.165) is 19.2 Å². The molecule has 0 unspecified atom stereocenters. The van der Waals surface area contributed by atoms with Crippen LogP contribution in [-0.2, 0) is 10.9 Å². The molecule has 3 heterocycles. The highest BCUT2D eigenvalue weighted by molar-refractivity contribution is 9.10. The molecule has 1 aromatic carbocycles. The Hall–Kier alpha value is -2.70. The van der Waals surface area contributed by atoms with Gasteiger partial charge < -0.3 is 14.8 Å². The molecule has 3 aromatic rings. The molecule has 12 heteroatoms. The highest BCUT2D eigenvalue weighted by Crippen LogP contribution is 2.35. The molecule has 8 nitrogen and oxygen atoms in total. The summed E-state index contributed by atoms with van der Waals surface area (Å²) in [5, 5.41) is 6.64. The zero-order chi connectivity index (χ0) is 23.6. The molecule has 1 fully saturated rings. The van der Waals surface area contributed by atoms with Crippen LogP contribution in [-0.4, -0.2) is 71.9 Å². The third-order valence-corrected chi connectivity index (χ3v) is 5.97. The molecular weight excluding hydrogens is 507 g/mol. The Bertz CT molecular complexity index is 1140. The topological polar surface area (TPSA) is 81.0 Å². The lowest BCUT2D eigenvalue weighted by atomic mass is 10.1. The van der Waals surface area contributed by atoms with Crippen LogP contribution in [0.5, 0.6) is 5.75 Å².